The molecule has 1 radical (unpaired) electrons. The first-order chi connectivity index (χ1) is 26.8. The first kappa shape index (κ1) is 47.1. The number of halogens is 3. The SMILES string of the molecule is CC(C)(C)Cc1ccc2c(c1)[se]c1cc(-c3cc(-c4[c-]c5ccccc5c(C(C)(C)C)c4)ncc3C(F)(F)F)ccc12.CCC(CC)C(=O)/C=C(\O)C(CC)CC.[Ir]. The molecular weight excluding hydrogens is 975 g/mol. The molecular formula is C50H57F3IrNO2Se-. The molecule has 0 aliphatic carbocycles. The van der Waals surface area contributed by atoms with E-state index in [0.29, 0.717) is 16.8 Å². The van der Waals surface area contributed by atoms with Crippen LogP contribution in [0.25, 0.3) is 52.4 Å². The second-order valence-corrected chi connectivity index (χ2v) is 19.7. The van der Waals surface area contributed by atoms with Crippen molar-refractivity contribution in [1.82, 2.24) is 4.98 Å². The summed E-state index contributed by atoms with van der Waals surface area (Å²) in [6.45, 7) is 21.2. The molecule has 8 heteroatoms. The molecule has 2 heterocycles. The van der Waals surface area contributed by atoms with Gasteiger partial charge in [0.25, 0.3) is 0 Å². The maximum Gasteiger partial charge on any atom is 0.162 e. The van der Waals surface area contributed by atoms with Crippen LogP contribution in [0.2, 0.25) is 0 Å². The molecule has 0 fully saturated rings. The molecule has 2 aromatic heterocycles. The Morgan fingerprint density at radius 2 is 1.38 bits per heavy atom. The van der Waals surface area contributed by atoms with E-state index in [1.54, 1.807) is 6.07 Å². The van der Waals surface area contributed by atoms with Gasteiger partial charge in [-0.05, 0) is 25.7 Å². The number of pyridine rings is 1. The quantitative estimate of drug-likeness (QED) is 0.0644. The molecule has 4 aromatic carbocycles. The van der Waals surface area contributed by atoms with Crippen LogP contribution in [0.1, 0.15) is 112 Å². The number of aliphatic hydroxyl groups is 1. The molecule has 0 saturated carbocycles. The molecule has 3 nitrogen and oxygen atoms in total. The zero-order chi connectivity index (χ0) is 41.9. The van der Waals surface area contributed by atoms with Gasteiger partial charge in [-0.15, -0.1) is 0 Å². The molecule has 0 atom stereocenters. The van der Waals surface area contributed by atoms with Crippen molar-refractivity contribution in [3.05, 3.63) is 114 Å². The van der Waals surface area contributed by atoms with Crippen molar-refractivity contribution in [2.24, 2.45) is 17.3 Å². The molecule has 0 amide bonds. The summed E-state index contributed by atoms with van der Waals surface area (Å²) in [5.41, 5.74) is 3.59. The Bertz CT molecular complexity index is 2390. The maximum absolute atomic E-state index is 14.3. The smallest absolute Gasteiger partial charge is 0.162 e. The second kappa shape index (κ2) is 19.2. The third-order valence-electron chi connectivity index (χ3n) is 10.7. The Balaban J connectivity index is 0.000000398. The van der Waals surface area contributed by atoms with E-state index in [1.165, 1.54) is 21.3 Å². The molecule has 6 rings (SSSR count). The summed E-state index contributed by atoms with van der Waals surface area (Å²) in [5, 5.41) is 14.1. The minimum atomic E-state index is -4.53. The number of hydrogen-bond acceptors (Lipinski definition) is 3. The number of nitrogens with zero attached hydrogens (tertiary/aromatic N) is 1. The van der Waals surface area contributed by atoms with E-state index in [0.717, 1.165) is 64.3 Å². The van der Waals surface area contributed by atoms with Crippen LogP contribution in [0, 0.1) is 23.3 Å². The van der Waals surface area contributed by atoms with Crippen LogP contribution in [-0.2, 0) is 42.9 Å². The van der Waals surface area contributed by atoms with Gasteiger partial charge in [-0.3, -0.25) is 4.79 Å². The summed E-state index contributed by atoms with van der Waals surface area (Å²) in [6.07, 6.45) is 2.34. The monoisotopic (exact) mass is 1030 g/mol. The van der Waals surface area contributed by atoms with Gasteiger partial charge in [0.15, 0.2) is 5.78 Å². The summed E-state index contributed by atoms with van der Waals surface area (Å²) < 4.78 is 45.4. The minimum Gasteiger partial charge on any atom is -0.512 e. The third kappa shape index (κ3) is 11.2. The Morgan fingerprint density at radius 3 is 1.97 bits per heavy atom. The number of rotatable bonds is 10. The van der Waals surface area contributed by atoms with Gasteiger partial charge in [0.2, 0.25) is 0 Å². The summed E-state index contributed by atoms with van der Waals surface area (Å²) in [4.78, 5) is 16.0. The summed E-state index contributed by atoms with van der Waals surface area (Å²) in [6, 6.07) is 27.5. The van der Waals surface area contributed by atoms with Gasteiger partial charge in [0.05, 0.1) is 5.76 Å². The normalized spacial score (nSPS) is 12.6. The van der Waals surface area contributed by atoms with Crippen molar-refractivity contribution in [3.63, 3.8) is 0 Å². The van der Waals surface area contributed by atoms with Crippen molar-refractivity contribution >= 4 is 50.4 Å². The van der Waals surface area contributed by atoms with E-state index < -0.39 is 11.7 Å². The molecule has 0 saturated heterocycles. The van der Waals surface area contributed by atoms with Crippen LogP contribution in [0.15, 0.2) is 90.8 Å². The predicted molar refractivity (Wildman–Crippen MR) is 234 cm³/mol. The van der Waals surface area contributed by atoms with Gasteiger partial charge in [0.1, 0.15) is 0 Å². The van der Waals surface area contributed by atoms with E-state index >= 15 is 0 Å². The Kier molecular flexibility index (Phi) is 15.6. The molecule has 0 spiro atoms. The van der Waals surface area contributed by atoms with Crippen molar-refractivity contribution in [3.8, 4) is 22.4 Å². The van der Waals surface area contributed by atoms with E-state index in [9.17, 15) is 23.1 Å². The molecule has 0 aliphatic heterocycles. The maximum atomic E-state index is 14.3. The van der Waals surface area contributed by atoms with Crippen LogP contribution < -0.4 is 0 Å². The molecule has 6 aromatic rings. The molecule has 1 N–H and O–H groups in total. The van der Waals surface area contributed by atoms with Crippen LogP contribution in [-0.4, -0.2) is 30.4 Å². The van der Waals surface area contributed by atoms with Crippen molar-refractivity contribution < 1.29 is 43.2 Å². The molecule has 311 valence electrons. The van der Waals surface area contributed by atoms with Crippen LogP contribution in [0.4, 0.5) is 13.2 Å². The predicted octanol–water partition coefficient (Wildman–Crippen LogP) is 14.5. The molecule has 58 heavy (non-hydrogen) atoms. The van der Waals surface area contributed by atoms with Gasteiger partial charge in [0, 0.05) is 38.0 Å². The zero-order valence-electron chi connectivity index (χ0n) is 35.5. The topological polar surface area (TPSA) is 50.2 Å². The summed E-state index contributed by atoms with van der Waals surface area (Å²) in [5.74, 6) is 0.547. The number of benzene rings is 4. The summed E-state index contributed by atoms with van der Waals surface area (Å²) in [7, 11) is 0. The average Bonchev–Trinajstić information content (AvgIpc) is 3.51. The van der Waals surface area contributed by atoms with E-state index in [1.807, 2.05) is 70.2 Å². The van der Waals surface area contributed by atoms with Gasteiger partial charge in [-0.25, -0.2) is 0 Å². The van der Waals surface area contributed by atoms with E-state index in [2.05, 4.69) is 76.9 Å². The first-order valence-corrected chi connectivity index (χ1v) is 21.9. The molecule has 0 unspecified atom stereocenters. The number of ketones is 1. The average molecular weight is 1030 g/mol. The van der Waals surface area contributed by atoms with Crippen molar-refractivity contribution in [2.75, 3.05) is 0 Å². The number of aromatic nitrogens is 1. The largest absolute Gasteiger partial charge is 0.512 e. The van der Waals surface area contributed by atoms with Crippen molar-refractivity contribution in [1.29, 1.82) is 0 Å². The zero-order valence-corrected chi connectivity index (χ0v) is 39.6. The number of fused-ring (bicyclic) bond motifs is 4. The Labute approximate surface area is 362 Å². The summed E-state index contributed by atoms with van der Waals surface area (Å²) >= 11 is 0.0244. The Morgan fingerprint density at radius 1 is 0.776 bits per heavy atom. The van der Waals surface area contributed by atoms with Crippen molar-refractivity contribution in [2.45, 2.75) is 113 Å². The van der Waals surface area contributed by atoms with Gasteiger partial charge in [-0.2, -0.15) is 0 Å². The molecule has 0 bridgehead atoms. The number of carbonyl (C=O) groups is 1. The standard InChI is InChI=1S/C37H33F3NSe.C13H24O2.Ir/c1-35(2,3)20-22-11-13-27-28-14-12-24(18-34(28)42-33(27)15-22)29-19-32(41-21-31(29)37(38,39)40)25-16-23-9-7-8-10-26(23)30(17-25)36(4,5)6;1-5-10(6-2)12(14)9-13(15)11(7-3)8-4;/h7-15,17-19,21H,20H2,1-6H3;9-11,14H,5-8H2,1-4H3;/q-1;;/b;12-9-;. The van der Waals surface area contributed by atoms with Crippen LogP contribution in [0.3, 0.4) is 0 Å². The number of hydrogen-bond donors (Lipinski definition) is 1. The van der Waals surface area contributed by atoms with E-state index in [4.69, 9.17) is 0 Å². The number of carbonyl (C=O) groups excluding carboxylic acids is 1. The van der Waals surface area contributed by atoms with Gasteiger partial charge < -0.3 is 5.11 Å². The van der Waals surface area contributed by atoms with Gasteiger partial charge >= 0.3 is 252 Å². The second-order valence-electron chi connectivity index (χ2n) is 17.4. The van der Waals surface area contributed by atoms with E-state index in [-0.39, 0.29) is 74.4 Å². The third-order valence-corrected chi connectivity index (χ3v) is 13.1. The molecule has 0 aliphatic rings. The van der Waals surface area contributed by atoms with Crippen LogP contribution >= 0.6 is 0 Å². The minimum absolute atomic E-state index is 0. The fourth-order valence-electron chi connectivity index (χ4n) is 7.55. The number of alkyl halides is 3. The fraction of sp³-hybridized carbons (Fsp3) is 0.400. The van der Waals surface area contributed by atoms with Gasteiger partial charge in [-0.1, -0.05) is 27.7 Å². The first-order valence-electron chi connectivity index (χ1n) is 20.2. The number of aliphatic hydroxyl groups excluding tert-OH is 1. The number of allylic oxidation sites excluding steroid dienone is 2. The van der Waals surface area contributed by atoms with Crippen LogP contribution in [0.5, 0.6) is 0 Å². The Hall–Kier alpha value is -3.54. The fourth-order valence-corrected chi connectivity index (χ4v) is 10.1.